The van der Waals surface area contributed by atoms with Gasteiger partial charge in [0.1, 0.15) is 12.4 Å². The smallest absolute Gasteiger partial charge is 0.191 e. The monoisotopic (exact) mass is 394 g/mol. The van der Waals surface area contributed by atoms with Gasteiger partial charge in [-0.15, -0.1) is 0 Å². The minimum Gasteiger partial charge on any atom is -0.489 e. The highest BCUT2D eigenvalue weighted by atomic mass is 32.2. The number of nitrogens with one attached hydrogen (secondary N) is 2. The van der Waals surface area contributed by atoms with Gasteiger partial charge in [0.2, 0.25) is 0 Å². The normalized spacial score (nSPS) is 17.3. The van der Waals surface area contributed by atoms with Crippen LogP contribution in [0.2, 0.25) is 0 Å². The van der Waals surface area contributed by atoms with Crippen LogP contribution in [0.25, 0.3) is 0 Å². The summed E-state index contributed by atoms with van der Waals surface area (Å²) in [5, 5.41) is 6.55. The Hall–Kier alpha value is -2.06. The molecule has 1 fully saturated rings. The lowest BCUT2D eigenvalue weighted by Crippen LogP contribution is -2.45. The molecule has 0 amide bonds. The summed E-state index contributed by atoms with van der Waals surface area (Å²) in [5.74, 6) is 2.05. The van der Waals surface area contributed by atoms with Crippen LogP contribution in [0, 0.1) is 0 Å². The van der Waals surface area contributed by atoms with E-state index in [4.69, 9.17) is 4.74 Å². The quantitative estimate of drug-likeness (QED) is 0.370. The lowest BCUT2D eigenvalue weighted by Gasteiger charge is -2.26. The number of guanidine groups is 1. The number of sulfone groups is 1. The van der Waals surface area contributed by atoms with Crippen molar-refractivity contribution in [1.82, 2.24) is 15.5 Å². The molecule has 8 heteroatoms. The van der Waals surface area contributed by atoms with Crippen LogP contribution in [0.4, 0.5) is 0 Å². The fourth-order valence-corrected chi connectivity index (χ4v) is 4.01. The SMILES string of the molecule is C=CCOc1ccccc1CN=C(NCC)NCCN1CCS(=O)(=O)CC1. The van der Waals surface area contributed by atoms with Gasteiger partial charge in [0.15, 0.2) is 15.8 Å². The molecule has 0 aromatic heterocycles. The van der Waals surface area contributed by atoms with E-state index < -0.39 is 9.84 Å². The van der Waals surface area contributed by atoms with Gasteiger partial charge in [-0.3, -0.25) is 4.90 Å². The minimum atomic E-state index is -2.83. The second kappa shape index (κ2) is 10.9. The van der Waals surface area contributed by atoms with E-state index >= 15 is 0 Å². The van der Waals surface area contributed by atoms with Crippen molar-refractivity contribution in [2.75, 3.05) is 50.8 Å². The van der Waals surface area contributed by atoms with Crippen LogP contribution >= 0.6 is 0 Å². The van der Waals surface area contributed by atoms with Gasteiger partial charge in [-0.2, -0.15) is 0 Å². The van der Waals surface area contributed by atoms with Crippen molar-refractivity contribution in [3.63, 3.8) is 0 Å². The molecule has 0 radical (unpaired) electrons. The van der Waals surface area contributed by atoms with Gasteiger partial charge in [-0.05, 0) is 13.0 Å². The Morgan fingerprint density at radius 3 is 2.74 bits per heavy atom. The predicted molar refractivity (Wildman–Crippen MR) is 110 cm³/mol. The molecule has 1 aliphatic heterocycles. The molecule has 1 saturated heterocycles. The van der Waals surface area contributed by atoms with Crippen molar-refractivity contribution in [1.29, 1.82) is 0 Å². The molecule has 0 atom stereocenters. The highest BCUT2D eigenvalue weighted by molar-refractivity contribution is 7.91. The average Bonchev–Trinajstić information content (AvgIpc) is 2.66. The third kappa shape index (κ3) is 7.60. The molecule has 2 N–H and O–H groups in total. The van der Waals surface area contributed by atoms with E-state index in [-0.39, 0.29) is 11.5 Å². The molecule has 150 valence electrons. The summed E-state index contributed by atoms with van der Waals surface area (Å²) in [4.78, 5) is 6.80. The van der Waals surface area contributed by atoms with Crippen LogP contribution in [-0.4, -0.2) is 70.1 Å². The molecule has 1 heterocycles. The second-order valence-electron chi connectivity index (χ2n) is 6.32. The highest BCUT2D eigenvalue weighted by Crippen LogP contribution is 2.18. The lowest BCUT2D eigenvalue weighted by molar-refractivity contribution is 0.299. The van der Waals surface area contributed by atoms with Gasteiger partial charge in [0.05, 0.1) is 18.1 Å². The van der Waals surface area contributed by atoms with Gasteiger partial charge in [-0.1, -0.05) is 30.9 Å². The first-order valence-electron chi connectivity index (χ1n) is 9.30. The number of hydrogen-bond donors (Lipinski definition) is 2. The summed E-state index contributed by atoms with van der Waals surface area (Å²) in [6.45, 7) is 10.1. The zero-order valence-electron chi connectivity index (χ0n) is 16.0. The molecule has 1 aromatic rings. The number of rotatable bonds is 9. The van der Waals surface area contributed by atoms with Gasteiger partial charge in [0.25, 0.3) is 0 Å². The van der Waals surface area contributed by atoms with Crippen molar-refractivity contribution in [2.45, 2.75) is 13.5 Å². The van der Waals surface area contributed by atoms with E-state index in [9.17, 15) is 8.42 Å². The molecular formula is C19H30N4O3S. The molecule has 0 saturated carbocycles. The van der Waals surface area contributed by atoms with Crippen LogP contribution in [0.1, 0.15) is 12.5 Å². The average molecular weight is 395 g/mol. The number of ether oxygens (including phenoxy) is 1. The fourth-order valence-electron chi connectivity index (χ4n) is 2.74. The molecule has 0 bridgehead atoms. The topological polar surface area (TPSA) is 83.0 Å². The zero-order valence-corrected chi connectivity index (χ0v) is 16.8. The molecule has 0 unspecified atom stereocenters. The standard InChI is InChI=1S/C19H30N4O3S/c1-3-13-26-18-8-6-5-7-17(18)16-22-19(20-4-2)21-9-10-23-11-14-27(24,25)15-12-23/h3,5-8H,1,4,9-16H2,2H3,(H2,20,21,22). The lowest BCUT2D eigenvalue weighted by atomic mass is 10.2. The largest absolute Gasteiger partial charge is 0.489 e. The van der Waals surface area contributed by atoms with E-state index in [2.05, 4.69) is 27.1 Å². The van der Waals surface area contributed by atoms with Gasteiger partial charge >= 0.3 is 0 Å². The molecule has 0 aliphatic carbocycles. The van der Waals surface area contributed by atoms with Crippen molar-refractivity contribution in [3.8, 4) is 5.75 Å². The van der Waals surface area contributed by atoms with Crippen LogP contribution in [0.15, 0.2) is 41.9 Å². The Morgan fingerprint density at radius 2 is 2.04 bits per heavy atom. The third-order valence-corrected chi connectivity index (χ3v) is 5.85. The summed E-state index contributed by atoms with van der Waals surface area (Å²) in [6, 6.07) is 7.84. The Labute approximate surface area is 162 Å². The maximum Gasteiger partial charge on any atom is 0.191 e. The number of para-hydroxylation sites is 1. The zero-order chi connectivity index (χ0) is 19.5. The van der Waals surface area contributed by atoms with Crippen LogP contribution < -0.4 is 15.4 Å². The first kappa shape index (κ1) is 21.2. The van der Waals surface area contributed by atoms with Crippen molar-refractivity contribution >= 4 is 15.8 Å². The Morgan fingerprint density at radius 1 is 1.30 bits per heavy atom. The number of benzene rings is 1. The molecule has 27 heavy (non-hydrogen) atoms. The summed E-state index contributed by atoms with van der Waals surface area (Å²) in [7, 11) is -2.83. The Bertz CT molecular complexity index is 720. The second-order valence-corrected chi connectivity index (χ2v) is 8.63. The van der Waals surface area contributed by atoms with Crippen molar-refractivity contribution in [3.05, 3.63) is 42.5 Å². The maximum atomic E-state index is 11.5. The number of aliphatic imine (C=N–C) groups is 1. The molecule has 7 nitrogen and oxygen atoms in total. The summed E-state index contributed by atoms with van der Waals surface area (Å²) in [6.07, 6.45) is 1.72. The molecule has 1 aromatic carbocycles. The molecule has 0 spiro atoms. The van der Waals surface area contributed by atoms with E-state index in [1.807, 2.05) is 31.2 Å². The number of hydrogen-bond acceptors (Lipinski definition) is 5. The fraction of sp³-hybridized carbons (Fsp3) is 0.526. The van der Waals surface area contributed by atoms with E-state index in [0.29, 0.717) is 32.8 Å². The predicted octanol–water partition coefficient (Wildman–Crippen LogP) is 1.04. The first-order chi connectivity index (χ1) is 13.0. The summed E-state index contributed by atoms with van der Waals surface area (Å²) < 4.78 is 28.7. The molecule has 2 rings (SSSR count). The molecule has 1 aliphatic rings. The van der Waals surface area contributed by atoms with E-state index in [1.54, 1.807) is 6.08 Å². The number of nitrogens with zero attached hydrogens (tertiary/aromatic N) is 2. The van der Waals surface area contributed by atoms with Crippen LogP contribution in [-0.2, 0) is 16.4 Å². The Kier molecular flexibility index (Phi) is 8.60. The van der Waals surface area contributed by atoms with E-state index in [0.717, 1.165) is 30.4 Å². The highest BCUT2D eigenvalue weighted by Gasteiger charge is 2.20. The van der Waals surface area contributed by atoms with Crippen molar-refractivity contribution in [2.24, 2.45) is 4.99 Å². The molecular weight excluding hydrogens is 364 g/mol. The summed E-state index contributed by atoms with van der Waals surface area (Å²) in [5.41, 5.74) is 1.01. The van der Waals surface area contributed by atoms with Gasteiger partial charge in [-0.25, -0.2) is 13.4 Å². The first-order valence-corrected chi connectivity index (χ1v) is 11.1. The Balaban J connectivity index is 1.86. The summed E-state index contributed by atoms with van der Waals surface area (Å²) >= 11 is 0. The minimum absolute atomic E-state index is 0.253. The van der Waals surface area contributed by atoms with Gasteiger partial charge in [0, 0.05) is 38.3 Å². The van der Waals surface area contributed by atoms with E-state index in [1.165, 1.54) is 0 Å². The third-order valence-electron chi connectivity index (χ3n) is 4.24. The maximum absolute atomic E-state index is 11.5. The van der Waals surface area contributed by atoms with Crippen LogP contribution in [0.5, 0.6) is 5.75 Å². The van der Waals surface area contributed by atoms with Crippen molar-refractivity contribution < 1.29 is 13.2 Å². The van der Waals surface area contributed by atoms with Gasteiger partial charge < -0.3 is 15.4 Å². The van der Waals surface area contributed by atoms with Crippen LogP contribution in [0.3, 0.4) is 0 Å².